The Kier molecular flexibility index (Phi) is 7.67. The monoisotopic (exact) mass is 311 g/mol. The highest BCUT2D eigenvalue weighted by Gasteiger charge is 2.17. The number of nitrogens with two attached hydrogens (primary N) is 1. The van der Waals surface area contributed by atoms with E-state index in [1.165, 1.54) is 18.3 Å². The maximum Gasteiger partial charge on any atom is 0.321 e. The average molecular weight is 312 g/mol. The quantitative estimate of drug-likeness (QED) is 0.461. The average Bonchev–Trinajstić information content (AvgIpc) is 2.29. The highest BCUT2D eigenvalue weighted by Crippen LogP contribution is 2.35. The van der Waals surface area contributed by atoms with Gasteiger partial charge in [-0.2, -0.15) is 0 Å². The highest BCUT2D eigenvalue weighted by atomic mass is 35.5. The number of aromatic nitrogens is 1. The number of rotatable bonds is 6. The van der Waals surface area contributed by atoms with E-state index in [1.807, 2.05) is 0 Å². The van der Waals surface area contributed by atoms with E-state index in [0.717, 1.165) is 21.6 Å². The van der Waals surface area contributed by atoms with Crippen molar-refractivity contribution in [2.45, 2.75) is 11.1 Å². The predicted molar refractivity (Wildman–Crippen MR) is 72.1 cm³/mol. The third kappa shape index (κ3) is 5.08. The Morgan fingerprint density at radius 1 is 1.67 bits per heavy atom. The normalized spacial score (nSPS) is 11.4. The van der Waals surface area contributed by atoms with E-state index in [0.29, 0.717) is 0 Å². The first-order valence-electron chi connectivity index (χ1n) is 4.39. The summed E-state index contributed by atoms with van der Waals surface area (Å²) in [5.41, 5.74) is 5.19. The van der Waals surface area contributed by atoms with Gasteiger partial charge >= 0.3 is 11.7 Å². The Hall–Kier alpha value is -1.03. The molecule has 0 fully saturated rings. The Bertz CT molecular complexity index is 435. The molecule has 0 aliphatic rings. The first kappa shape index (κ1) is 17.0. The Morgan fingerprint density at radius 2 is 2.33 bits per heavy atom. The molecular formula is C8H10ClN3O4S2. The molecule has 0 amide bonds. The summed E-state index contributed by atoms with van der Waals surface area (Å²) in [4.78, 5) is 24.4. The first-order valence-corrected chi connectivity index (χ1v) is 6.71. The maximum atomic E-state index is 10.7. The van der Waals surface area contributed by atoms with Gasteiger partial charge in [-0.1, -0.05) is 10.8 Å². The molecule has 0 spiro atoms. The lowest BCUT2D eigenvalue weighted by Gasteiger charge is -2.04. The van der Waals surface area contributed by atoms with E-state index in [1.54, 1.807) is 0 Å². The minimum atomic E-state index is -1.10. The van der Waals surface area contributed by atoms with Crippen LogP contribution in [0.2, 0.25) is 0 Å². The van der Waals surface area contributed by atoms with Crippen LogP contribution in [0.1, 0.15) is 0 Å². The van der Waals surface area contributed by atoms with E-state index in [4.69, 9.17) is 10.8 Å². The van der Waals surface area contributed by atoms with E-state index < -0.39 is 16.9 Å². The molecule has 0 saturated heterocycles. The molecule has 1 aromatic rings. The number of halogens is 1. The molecule has 10 heteroatoms. The molecule has 0 radical (unpaired) electrons. The van der Waals surface area contributed by atoms with Crippen LogP contribution in [0, 0.1) is 10.1 Å². The van der Waals surface area contributed by atoms with Gasteiger partial charge in [0.2, 0.25) is 0 Å². The van der Waals surface area contributed by atoms with Gasteiger partial charge in [0.05, 0.1) is 4.92 Å². The van der Waals surface area contributed by atoms with Gasteiger partial charge in [-0.15, -0.1) is 12.4 Å². The van der Waals surface area contributed by atoms with Crippen molar-refractivity contribution in [3.05, 3.63) is 28.4 Å². The topological polar surface area (TPSA) is 119 Å². The van der Waals surface area contributed by atoms with Gasteiger partial charge in [0.1, 0.15) is 6.04 Å². The summed E-state index contributed by atoms with van der Waals surface area (Å²) in [6, 6.07) is 1.82. The van der Waals surface area contributed by atoms with Crippen LogP contribution >= 0.6 is 34.0 Å². The van der Waals surface area contributed by atoms with E-state index in [2.05, 4.69) is 4.98 Å². The van der Waals surface area contributed by atoms with Crippen LogP contribution < -0.4 is 5.73 Å². The molecule has 0 unspecified atom stereocenters. The Morgan fingerprint density at radius 3 is 2.89 bits per heavy atom. The molecule has 1 heterocycles. The molecule has 100 valence electrons. The second-order valence-electron chi connectivity index (χ2n) is 2.90. The summed E-state index contributed by atoms with van der Waals surface area (Å²) in [6.07, 6.45) is 1.44. The van der Waals surface area contributed by atoms with Crippen molar-refractivity contribution in [3.63, 3.8) is 0 Å². The first-order chi connectivity index (χ1) is 8.02. The zero-order chi connectivity index (χ0) is 12.8. The fourth-order valence-corrected chi connectivity index (χ4v) is 2.98. The second kappa shape index (κ2) is 8.14. The molecule has 1 atom stereocenters. The van der Waals surface area contributed by atoms with Crippen molar-refractivity contribution in [3.8, 4) is 0 Å². The summed E-state index contributed by atoms with van der Waals surface area (Å²) >= 11 is 0. The number of hydrogen-bond acceptors (Lipinski definition) is 7. The molecule has 18 heavy (non-hydrogen) atoms. The number of aliphatic carboxylic acids is 1. The number of carboxylic acid groups (broad SMARTS) is 1. The van der Waals surface area contributed by atoms with Crippen LogP contribution in [0.25, 0.3) is 0 Å². The minimum absolute atomic E-state index is 0. The van der Waals surface area contributed by atoms with Crippen LogP contribution in [0.4, 0.5) is 5.69 Å². The number of carboxylic acids is 1. The van der Waals surface area contributed by atoms with Crippen LogP contribution in [-0.4, -0.2) is 32.8 Å². The molecule has 0 saturated carbocycles. The van der Waals surface area contributed by atoms with Gasteiger partial charge in [-0.3, -0.25) is 14.9 Å². The molecule has 1 rings (SSSR count). The van der Waals surface area contributed by atoms with Crippen molar-refractivity contribution < 1.29 is 14.8 Å². The molecule has 0 bridgehead atoms. The van der Waals surface area contributed by atoms with Crippen LogP contribution in [0.15, 0.2) is 23.4 Å². The van der Waals surface area contributed by atoms with Gasteiger partial charge in [0, 0.05) is 18.0 Å². The second-order valence-corrected chi connectivity index (χ2v) is 5.23. The van der Waals surface area contributed by atoms with Crippen LogP contribution in [0.5, 0.6) is 0 Å². The third-order valence-electron chi connectivity index (χ3n) is 1.65. The largest absolute Gasteiger partial charge is 0.480 e. The van der Waals surface area contributed by atoms with Gasteiger partial charge in [0.25, 0.3) is 0 Å². The molecule has 0 aliphatic carbocycles. The molecule has 3 N–H and O–H groups in total. The molecule has 7 nitrogen and oxygen atoms in total. The van der Waals surface area contributed by atoms with Gasteiger partial charge < -0.3 is 10.8 Å². The lowest BCUT2D eigenvalue weighted by molar-refractivity contribution is -0.388. The number of pyridine rings is 1. The van der Waals surface area contributed by atoms with Gasteiger partial charge in [0.15, 0.2) is 5.03 Å². The zero-order valence-corrected chi connectivity index (χ0v) is 11.3. The summed E-state index contributed by atoms with van der Waals surface area (Å²) in [6.45, 7) is 0. The van der Waals surface area contributed by atoms with Gasteiger partial charge in [-0.25, -0.2) is 4.98 Å². The van der Waals surface area contributed by atoms with Crippen molar-refractivity contribution in [1.82, 2.24) is 4.98 Å². The summed E-state index contributed by atoms with van der Waals surface area (Å²) in [5, 5.41) is 19.4. The third-order valence-corrected chi connectivity index (χ3v) is 3.97. The molecule has 0 aliphatic heterocycles. The number of carbonyl (C=O) groups is 1. The van der Waals surface area contributed by atoms with Crippen molar-refractivity contribution in [2.75, 3.05) is 5.75 Å². The number of hydrogen-bond donors (Lipinski definition) is 2. The fourth-order valence-electron chi connectivity index (χ4n) is 0.820. The lowest BCUT2D eigenvalue weighted by Crippen LogP contribution is -2.32. The van der Waals surface area contributed by atoms with Crippen molar-refractivity contribution in [1.29, 1.82) is 0 Å². The standard InChI is InChI=1S/C8H9N3O4S2.ClH/c9-5(8(12)13)4-16-17-7-6(11(14)15)2-1-3-10-7;/h1-3,5H,4,9H2,(H,12,13);1H/t5-;/m0./s1. The molecular weight excluding hydrogens is 302 g/mol. The minimum Gasteiger partial charge on any atom is -0.480 e. The van der Waals surface area contributed by atoms with E-state index in [9.17, 15) is 14.9 Å². The zero-order valence-electron chi connectivity index (χ0n) is 8.88. The van der Waals surface area contributed by atoms with Crippen molar-refractivity contribution in [2.24, 2.45) is 5.73 Å². The molecule has 0 aromatic carbocycles. The molecule has 1 aromatic heterocycles. The maximum absolute atomic E-state index is 10.7. The number of nitrogens with zero attached hydrogens (tertiary/aromatic N) is 2. The summed E-state index contributed by atoms with van der Waals surface area (Å²) < 4.78 is 0. The predicted octanol–water partition coefficient (Wildman–Crippen LogP) is 1.56. The Balaban J connectivity index is 0.00000289. The fraction of sp³-hybridized carbons (Fsp3) is 0.250. The van der Waals surface area contributed by atoms with Gasteiger partial charge in [-0.05, 0) is 16.9 Å². The SMILES string of the molecule is Cl.N[C@@H](CSSc1ncccc1[N+](=O)[O-])C(=O)O. The Labute approximate surface area is 116 Å². The smallest absolute Gasteiger partial charge is 0.321 e. The summed E-state index contributed by atoms with van der Waals surface area (Å²) in [5.74, 6) is -0.957. The van der Waals surface area contributed by atoms with Crippen LogP contribution in [-0.2, 0) is 4.79 Å². The summed E-state index contributed by atoms with van der Waals surface area (Å²) in [7, 11) is 2.16. The van der Waals surface area contributed by atoms with Crippen LogP contribution in [0.3, 0.4) is 0 Å². The number of nitro groups is 1. The van der Waals surface area contributed by atoms with Crippen molar-refractivity contribution >= 4 is 45.7 Å². The van der Waals surface area contributed by atoms with E-state index in [-0.39, 0.29) is 28.9 Å². The van der Waals surface area contributed by atoms with E-state index >= 15 is 0 Å². The lowest BCUT2D eigenvalue weighted by atomic mass is 10.4. The highest BCUT2D eigenvalue weighted by molar-refractivity contribution is 8.76.